The number of anilines is 1. The first-order chi connectivity index (χ1) is 8.70. The third-order valence-electron chi connectivity index (χ3n) is 3.44. The van der Waals surface area contributed by atoms with E-state index in [0.717, 1.165) is 12.2 Å². The lowest BCUT2D eigenvalue weighted by Crippen LogP contribution is -2.14. The highest BCUT2D eigenvalue weighted by molar-refractivity contribution is 6.31. The van der Waals surface area contributed by atoms with E-state index in [-0.39, 0.29) is 5.97 Å². The minimum atomic E-state index is -0.333. The lowest BCUT2D eigenvalue weighted by atomic mass is 10.1. The summed E-state index contributed by atoms with van der Waals surface area (Å²) in [6.07, 6.45) is 5.15. The molecule has 1 aromatic carbocycles. The van der Waals surface area contributed by atoms with Crippen LogP contribution in [-0.4, -0.2) is 19.6 Å². The van der Waals surface area contributed by atoms with Gasteiger partial charge in [0.2, 0.25) is 0 Å². The van der Waals surface area contributed by atoms with Gasteiger partial charge in [0, 0.05) is 11.6 Å². The van der Waals surface area contributed by atoms with E-state index in [1.54, 1.807) is 18.2 Å². The van der Waals surface area contributed by atoms with Crippen molar-refractivity contribution in [2.24, 2.45) is 5.92 Å². The third kappa shape index (κ3) is 3.16. The highest BCUT2D eigenvalue weighted by atomic mass is 35.5. The lowest BCUT2D eigenvalue weighted by molar-refractivity contribution is 0.0602. The fourth-order valence-electron chi connectivity index (χ4n) is 2.42. The first kappa shape index (κ1) is 13.2. The molecule has 4 heteroatoms. The third-order valence-corrected chi connectivity index (χ3v) is 3.68. The van der Waals surface area contributed by atoms with Crippen molar-refractivity contribution in [1.82, 2.24) is 0 Å². The summed E-state index contributed by atoms with van der Waals surface area (Å²) in [5, 5.41) is 3.95. The van der Waals surface area contributed by atoms with Crippen molar-refractivity contribution in [1.29, 1.82) is 0 Å². The molecule has 0 atom stereocenters. The standard InChI is InChI=1S/C14H18ClNO2/c1-18-14(17)12-7-6-11(15)8-13(12)16-9-10-4-2-3-5-10/h6-8,10,16H,2-5,9H2,1H3. The molecule has 0 bridgehead atoms. The summed E-state index contributed by atoms with van der Waals surface area (Å²) in [6, 6.07) is 5.18. The zero-order chi connectivity index (χ0) is 13.0. The van der Waals surface area contributed by atoms with Crippen molar-refractivity contribution in [3.63, 3.8) is 0 Å². The second-order valence-corrected chi connectivity index (χ2v) is 5.15. The van der Waals surface area contributed by atoms with Gasteiger partial charge in [-0.3, -0.25) is 0 Å². The van der Waals surface area contributed by atoms with Gasteiger partial charge in [0.25, 0.3) is 0 Å². The van der Waals surface area contributed by atoms with Gasteiger partial charge >= 0.3 is 5.97 Å². The minimum Gasteiger partial charge on any atom is -0.465 e. The maximum atomic E-state index is 11.6. The van der Waals surface area contributed by atoms with Crippen LogP contribution in [0.4, 0.5) is 5.69 Å². The molecule has 1 saturated carbocycles. The Labute approximate surface area is 112 Å². The Hall–Kier alpha value is -1.22. The fraction of sp³-hybridized carbons (Fsp3) is 0.500. The van der Waals surface area contributed by atoms with Gasteiger partial charge in [-0.15, -0.1) is 0 Å². The van der Waals surface area contributed by atoms with Crippen LogP contribution in [-0.2, 0) is 4.74 Å². The zero-order valence-corrected chi connectivity index (χ0v) is 11.3. The Kier molecular flexibility index (Phi) is 4.48. The van der Waals surface area contributed by atoms with Gasteiger partial charge in [0.05, 0.1) is 18.4 Å². The van der Waals surface area contributed by atoms with E-state index in [2.05, 4.69) is 5.32 Å². The fourth-order valence-corrected chi connectivity index (χ4v) is 2.59. The summed E-state index contributed by atoms with van der Waals surface area (Å²) >= 11 is 5.97. The van der Waals surface area contributed by atoms with Crippen LogP contribution in [0.3, 0.4) is 0 Å². The average Bonchev–Trinajstić information content (AvgIpc) is 2.88. The molecule has 0 amide bonds. The molecule has 0 saturated heterocycles. The molecule has 1 aliphatic rings. The highest BCUT2D eigenvalue weighted by Gasteiger charge is 2.17. The van der Waals surface area contributed by atoms with Gasteiger partial charge in [-0.2, -0.15) is 0 Å². The molecule has 3 nitrogen and oxygen atoms in total. The van der Waals surface area contributed by atoms with Gasteiger partial charge in [-0.25, -0.2) is 4.79 Å². The first-order valence-electron chi connectivity index (χ1n) is 6.32. The monoisotopic (exact) mass is 267 g/mol. The Morgan fingerprint density at radius 3 is 2.83 bits per heavy atom. The van der Waals surface area contributed by atoms with Crippen LogP contribution in [0.25, 0.3) is 0 Å². The summed E-state index contributed by atoms with van der Waals surface area (Å²) < 4.78 is 4.77. The van der Waals surface area contributed by atoms with Gasteiger partial charge in [0.15, 0.2) is 0 Å². The van der Waals surface area contributed by atoms with Gasteiger partial charge in [-0.1, -0.05) is 24.4 Å². The van der Waals surface area contributed by atoms with Gasteiger partial charge in [-0.05, 0) is 37.0 Å². The Bertz CT molecular complexity index is 428. The van der Waals surface area contributed by atoms with E-state index in [4.69, 9.17) is 16.3 Å². The molecule has 1 aliphatic carbocycles. The number of benzene rings is 1. The van der Waals surface area contributed by atoms with Crippen molar-refractivity contribution in [3.05, 3.63) is 28.8 Å². The predicted molar refractivity (Wildman–Crippen MR) is 73.2 cm³/mol. The number of rotatable bonds is 4. The summed E-state index contributed by atoms with van der Waals surface area (Å²) in [4.78, 5) is 11.6. The number of methoxy groups -OCH3 is 1. The van der Waals surface area contributed by atoms with Crippen LogP contribution in [0.1, 0.15) is 36.0 Å². The lowest BCUT2D eigenvalue weighted by Gasteiger charge is -2.14. The van der Waals surface area contributed by atoms with E-state index in [0.29, 0.717) is 16.5 Å². The second kappa shape index (κ2) is 6.10. The molecule has 0 heterocycles. The van der Waals surface area contributed by atoms with Gasteiger partial charge < -0.3 is 10.1 Å². The largest absolute Gasteiger partial charge is 0.465 e. The normalized spacial score (nSPS) is 15.7. The molecule has 2 rings (SSSR count). The Balaban J connectivity index is 2.08. The summed E-state index contributed by atoms with van der Waals surface area (Å²) in [5.74, 6) is 0.370. The molecule has 18 heavy (non-hydrogen) atoms. The molecule has 0 radical (unpaired) electrons. The maximum Gasteiger partial charge on any atom is 0.339 e. The number of carbonyl (C=O) groups excluding carboxylic acids is 1. The Morgan fingerprint density at radius 2 is 2.17 bits per heavy atom. The SMILES string of the molecule is COC(=O)c1ccc(Cl)cc1NCC1CCCC1. The topological polar surface area (TPSA) is 38.3 Å². The smallest absolute Gasteiger partial charge is 0.339 e. The summed E-state index contributed by atoms with van der Waals surface area (Å²) in [5.41, 5.74) is 1.31. The number of halogens is 1. The number of esters is 1. The number of hydrogen-bond acceptors (Lipinski definition) is 3. The molecule has 1 N–H and O–H groups in total. The van der Waals surface area contributed by atoms with E-state index in [1.165, 1.54) is 32.8 Å². The van der Waals surface area contributed by atoms with Crippen LogP contribution < -0.4 is 5.32 Å². The predicted octanol–water partition coefficient (Wildman–Crippen LogP) is 3.73. The molecule has 0 aliphatic heterocycles. The van der Waals surface area contributed by atoms with Crippen LogP contribution in [0.15, 0.2) is 18.2 Å². The molecule has 0 spiro atoms. The number of carbonyl (C=O) groups is 1. The number of ether oxygens (including phenoxy) is 1. The number of hydrogen-bond donors (Lipinski definition) is 1. The average molecular weight is 268 g/mol. The molecule has 0 aromatic heterocycles. The molecule has 1 aromatic rings. The second-order valence-electron chi connectivity index (χ2n) is 4.71. The maximum absolute atomic E-state index is 11.6. The van der Waals surface area contributed by atoms with Crippen molar-refractivity contribution in [3.8, 4) is 0 Å². The van der Waals surface area contributed by atoms with Crippen molar-refractivity contribution in [2.45, 2.75) is 25.7 Å². The molecule has 98 valence electrons. The molecular weight excluding hydrogens is 250 g/mol. The van der Waals surface area contributed by atoms with Crippen molar-refractivity contribution < 1.29 is 9.53 Å². The Morgan fingerprint density at radius 1 is 1.44 bits per heavy atom. The highest BCUT2D eigenvalue weighted by Crippen LogP contribution is 2.27. The molecular formula is C14H18ClNO2. The van der Waals surface area contributed by atoms with Crippen LogP contribution >= 0.6 is 11.6 Å². The van der Waals surface area contributed by atoms with Crippen LogP contribution in [0.2, 0.25) is 5.02 Å². The summed E-state index contributed by atoms with van der Waals surface area (Å²) in [7, 11) is 1.39. The van der Waals surface area contributed by atoms with E-state index in [9.17, 15) is 4.79 Å². The van der Waals surface area contributed by atoms with Crippen LogP contribution in [0, 0.1) is 5.92 Å². The first-order valence-corrected chi connectivity index (χ1v) is 6.70. The molecule has 0 unspecified atom stereocenters. The quantitative estimate of drug-likeness (QED) is 0.845. The zero-order valence-electron chi connectivity index (χ0n) is 10.5. The summed E-state index contributed by atoms with van der Waals surface area (Å²) in [6.45, 7) is 0.893. The molecule has 1 fully saturated rings. The van der Waals surface area contributed by atoms with E-state index < -0.39 is 0 Å². The van der Waals surface area contributed by atoms with Crippen molar-refractivity contribution in [2.75, 3.05) is 19.0 Å². The van der Waals surface area contributed by atoms with E-state index in [1.807, 2.05) is 0 Å². The van der Waals surface area contributed by atoms with Crippen molar-refractivity contribution >= 4 is 23.3 Å². The van der Waals surface area contributed by atoms with Gasteiger partial charge in [0.1, 0.15) is 0 Å². The van der Waals surface area contributed by atoms with E-state index >= 15 is 0 Å². The minimum absolute atomic E-state index is 0.333. The van der Waals surface area contributed by atoms with Crippen LogP contribution in [0.5, 0.6) is 0 Å². The number of nitrogens with one attached hydrogen (secondary N) is 1.